The van der Waals surface area contributed by atoms with Crippen LogP contribution in [0.15, 0.2) is 18.2 Å². The van der Waals surface area contributed by atoms with E-state index in [9.17, 15) is 10.1 Å². The van der Waals surface area contributed by atoms with Crippen molar-refractivity contribution in [2.45, 2.75) is 38.3 Å². The normalized spacial score (nSPS) is 18.3. The summed E-state index contributed by atoms with van der Waals surface area (Å²) in [6, 6.07) is 5.79. The Labute approximate surface area is 119 Å². The van der Waals surface area contributed by atoms with E-state index in [1.807, 2.05) is 13.1 Å². The molecule has 0 atom stereocenters. The topological polar surface area (TPSA) is 58.4 Å². The molecular weight excluding hydrogens is 254 g/mol. The number of benzene rings is 1. The molecule has 108 valence electrons. The molecule has 0 unspecified atom stereocenters. The van der Waals surface area contributed by atoms with Gasteiger partial charge in [-0.25, -0.2) is 0 Å². The van der Waals surface area contributed by atoms with Crippen molar-refractivity contribution in [3.63, 3.8) is 0 Å². The predicted octanol–water partition coefficient (Wildman–Crippen LogP) is 3.01. The van der Waals surface area contributed by atoms with Crippen LogP contribution in [0, 0.1) is 16.0 Å². The van der Waals surface area contributed by atoms with Crippen molar-refractivity contribution >= 4 is 11.4 Å². The molecule has 2 aliphatic carbocycles. The number of nitrogens with one attached hydrogen (secondary N) is 1. The van der Waals surface area contributed by atoms with Crippen molar-refractivity contribution in [3.8, 4) is 0 Å². The zero-order chi connectivity index (χ0) is 14.1. The molecule has 0 aliphatic heterocycles. The van der Waals surface area contributed by atoms with E-state index in [0.717, 1.165) is 30.3 Å². The van der Waals surface area contributed by atoms with Crippen LogP contribution in [0.25, 0.3) is 0 Å². The first-order valence-corrected chi connectivity index (χ1v) is 7.36. The van der Waals surface area contributed by atoms with Crippen LogP contribution in [0.1, 0.15) is 31.2 Å². The molecule has 1 N–H and O–H groups in total. The lowest BCUT2D eigenvalue weighted by Crippen LogP contribution is -2.28. The molecule has 2 fully saturated rings. The summed E-state index contributed by atoms with van der Waals surface area (Å²) in [5, 5.41) is 14.1. The summed E-state index contributed by atoms with van der Waals surface area (Å²) in [4.78, 5) is 13.1. The van der Waals surface area contributed by atoms with E-state index >= 15 is 0 Å². The van der Waals surface area contributed by atoms with Gasteiger partial charge in [0, 0.05) is 44.0 Å². The Kier molecular flexibility index (Phi) is 3.61. The van der Waals surface area contributed by atoms with Gasteiger partial charge in [-0.3, -0.25) is 15.0 Å². The average molecular weight is 275 g/mol. The Morgan fingerprint density at radius 3 is 2.65 bits per heavy atom. The maximum absolute atomic E-state index is 10.9. The lowest BCUT2D eigenvalue weighted by molar-refractivity contribution is -0.384. The minimum atomic E-state index is -0.314. The monoisotopic (exact) mass is 275 g/mol. The number of rotatable bonds is 7. The number of non-ortho nitro benzene ring substituents is 1. The van der Waals surface area contributed by atoms with Gasteiger partial charge < -0.3 is 5.32 Å². The summed E-state index contributed by atoms with van der Waals surface area (Å²) in [5.41, 5.74) is 2.22. The van der Waals surface area contributed by atoms with Gasteiger partial charge in [0.15, 0.2) is 0 Å². The summed E-state index contributed by atoms with van der Waals surface area (Å²) < 4.78 is 0. The first-order chi connectivity index (χ1) is 9.67. The molecule has 0 saturated heterocycles. The number of hydrogen-bond acceptors (Lipinski definition) is 4. The smallest absolute Gasteiger partial charge is 0.269 e. The Balaban J connectivity index is 1.78. The van der Waals surface area contributed by atoms with E-state index < -0.39 is 0 Å². The molecule has 0 aromatic heterocycles. The van der Waals surface area contributed by atoms with Gasteiger partial charge in [0.1, 0.15) is 0 Å². The second kappa shape index (κ2) is 5.40. The zero-order valence-corrected chi connectivity index (χ0v) is 11.8. The van der Waals surface area contributed by atoms with Gasteiger partial charge in [0.2, 0.25) is 0 Å². The standard InChI is InChI=1S/C15H21N3O2/c1-16-15-7-6-14(18(19)20)8-12(15)10-17(13-4-5-13)9-11-2-3-11/h6-8,11,13,16H,2-5,9-10H2,1H3. The number of nitro groups is 1. The quantitative estimate of drug-likeness (QED) is 0.614. The molecule has 20 heavy (non-hydrogen) atoms. The summed E-state index contributed by atoms with van der Waals surface area (Å²) >= 11 is 0. The summed E-state index contributed by atoms with van der Waals surface area (Å²) in [5.74, 6) is 0.854. The summed E-state index contributed by atoms with van der Waals surface area (Å²) in [7, 11) is 1.87. The van der Waals surface area contributed by atoms with Crippen LogP contribution in [0.5, 0.6) is 0 Å². The fourth-order valence-electron chi connectivity index (χ4n) is 2.70. The largest absolute Gasteiger partial charge is 0.388 e. The van der Waals surface area contributed by atoms with Gasteiger partial charge in [-0.15, -0.1) is 0 Å². The number of nitro benzene ring substituents is 1. The molecule has 0 amide bonds. The molecule has 0 heterocycles. The third kappa shape index (κ3) is 3.10. The van der Waals surface area contributed by atoms with Crippen molar-refractivity contribution in [3.05, 3.63) is 33.9 Å². The predicted molar refractivity (Wildman–Crippen MR) is 78.8 cm³/mol. The summed E-state index contributed by atoms with van der Waals surface area (Å²) in [6.07, 6.45) is 5.24. The highest BCUT2D eigenvalue weighted by molar-refractivity contribution is 5.55. The van der Waals surface area contributed by atoms with E-state index in [4.69, 9.17) is 0 Å². The van der Waals surface area contributed by atoms with Crippen molar-refractivity contribution < 1.29 is 4.92 Å². The molecule has 5 heteroatoms. The van der Waals surface area contributed by atoms with Crippen molar-refractivity contribution in [2.75, 3.05) is 18.9 Å². The lowest BCUT2D eigenvalue weighted by Gasteiger charge is -2.23. The molecule has 1 aromatic carbocycles. The second-order valence-corrected chi connectivity index (χ2v) is 5.95. The zero-order valence-electron chi connectivity index (χ0n) is 11.8. The Bertz CT molecular complexity index is 510. The van der Waals surface area contributed by atoms with Crippen LogP contribution in [0.3, 0.4) is 0 Å². The highest BCUT2D eigenvalue weighted by Crippen LogP contribution is 2.36. The van der Waals surface area contributed by atoms with Crippen LogP contribution in [0.2, 0.25) is 0 Å². The van der Waals surface area contributed by atoms with Gasteiger partial charge in [0.25, 0.3) is 5.69 Å². The van der Waals surface area contributed by atoms with Crippen LogP contribution < -0.4 is 5.32 Å². The second-order valence-electron chi connectivity index (χ2n) is 5.95. The van der Waals surface area contributed by atoms with E-state index in [0.29, 0.717) is 6.04 Å². The first kappa shape index (κ1) is 13.4. The molecule has 0 spiro atoms. The molecule has 2 aliphatic rings. The van der Waals surface area contributed by atoms with Crippen molar-refractivity contribution in [1.29, 1.82) is 0 Å². The van der Waals surface area contributed by atoms with Crippen LogP contribution >= 0.6 is 0 Å². The van der Waals surface area contributed by atoms with Gasteiger partial charge >= 0.3 is 0 Å². The lowest BCUT2D eigenvalue weighted by atomic mass is 10.1. The van der Waals surface area contributed by atoms with Crippen LogP contribution in [-0.2, 0) is 6.54 Å². The van der Waals surface area contributed by atoms with Gasteiger partial charge in [-0.1, -0.05) is 0 Å². The van der Waals surface area contributed by atoms with E-state index in [-0.39, 0.29) is 10.6 Å². The van der Waals surface area contributed by atoms with E-state index in [2.05, 4.69) is 10.2 Å². The van der Waals surface area contributed by atoms with E-state index in [1.165, 1.54) is 25.7 Å². The Hall–Kier alpha value is -1.62. The minimum absolute atomic E-state index is 0.182. The maximum Gasteiger partial charge on any atom is 0.269 e. The van der Waals surface area contributed by atoms with Crippen LogP contribution in [-0.4, -0.2) is 29.5 Å². The maximum atomic E-state index is 10.9. The molecule has 1 aromatic rings. The highest BCUT2D eigenvalue weighted by atomic mass is 16.6. The Morgan fingerprint density at radius 1 is 1.35 bits per heavy atom. The molecule has 3 rings (SSSR count). The first-order valence-electron chi connectivity index (χ1n) is 7.36. The van der Waals surface area contributed by atoms with Gasteiger partial charge in [-0.05, 0) is 43.2 Å². The SMILES string of the molecule is CNc1ccc([N+](=O)[O-])cc1CN(CC1CC1)C1CC1. The van der Waals surface area contributed by atoms with Crippen molar-refractivity contribution in [2.24, 2.45) is 5.92 Å². The number of anilines is 1. The molecular formula is C15H21N3O2. The fraction of sp³-hybridized carbons (Fsp3) is 0.600. The van der Waals surface area contributed by atoms with Crippen LogP contribution in [0.4, 0.5) is 11.4 Å². The molecule has 0 bridgehead atoms. The third-order valence-corrected chi connectivity index (χ3v) is 4.20. The van der Waals surface area contributed by atoms with Gasteiger partial charge in [-0.2, -0.15) is 0 Å². The van der Waals surface area contributed by atoms with Gasteiger partial charge in [0.05, 0.1) is 4.92 Å². The van der Waals surface area contributed by atoms with Crippen molar-refractivity contribution in [1.82, 2.24) is 4.90 Å². The minimum Gasteiger partial charge on any atom is -0.388 e. The average Bonchev–Trinajstić information content (AvgIpc) is 3.30. The third-order valence-electron chi connectivity index (χ3n) is 4.20. The van der Waals surface area contributed by atoms with E-state index in [1.54, 1.807) is 12.1 Å². The fourth-order valence-corrected chi connectivity index (χ4v) is 2.70. The molecule has 2 saturated carbocycles. The molecule has 5 nitrogen and oxygen atoms in total. The molecule has 0 radical (unpaired) electrons. The number of nitrogens with zero attached hydrogens (tertiary/aromatic N) is 2. The summed E-state index contributed by atoms with van der Waals surface area (Å²) in [6.45, 7) is 1.97. The number of hydrogen-bond donors (Lipinski definition) is 1. The highest BCUT2D eigenvalue weighted by Gasteiger charge is 2.34. The Morgan fingerprint density at radius 2 is 2.10 bits per heavy atom.